The molecule has 0 atom stereocenters. The number of ether oxygens (including phenoxy) is 1. The number of carbonyl (C=O) groups is 3. The predicted molar refractivity (Wildman–Crippen MR) is 89.5 cm³/mol. The minimum atomic E-state index is -0.675. The molecule has 122 valence electrons. The molecule has 6 nitrogen and oxygen atoms in total. The fourth-order valence-electron chi connectivity index (χ4n) is 1.59. The summed E-state index contributed by atoms with van der Waals surface area (Å²) in [6.45, 7) is 3.30. The lowest BCUT2D eigenvalue weighted by Gasteiger charge is -2.12. The standard InChI is InChI=1S/C16H18N2O4S/c1-10(2)13(16(21)22-3)18-15(20)12(9-23)17-14(19)11-7-5-4-6-8-11/h4-9,23H,1-3H3,(H,17,19)(H,18,20)/b12-9+. The van der Waals surface area contributed by atoms with E-state index in [4.69, 9.17) is 0 Å². The maximum Gasteiger partial charge on any atom is 0.354 e. The van der Waals surface area contributed by atoms with Crippen LogP contribution in [0.4, 0.5) is 0 Å². The zero-order chi connectivity index (χ0) is 17.4. The largest absolute Gasteiger partial charge is 0.464 e. The van der Waals surface area contributed by atoms with Gasteiger partial charge in [-0.15, -0.1) is 12.6 Å². The molecule has 1 aromatic carbocycles. The Morgan fingerprint density at radius 3 is 2.17 bits per heavy atom. The van der Waals surface area contributed by atoms with Gasteiger partial charge in [0.05, 0.1) is 7.11 Å². The second kappa shape index (κ2) is 8.79. The van der Waals surface area contributed by atoms with Crippen LogP contribution in [0.2, 0.25) is 0 Å². The van der Waals surface area contributed by atoms with E-state index in [1.54, 1.807) is 44.2 Å². The molecule has 0 aliphatic heterocycles. The Bertz CT molecular complexity index is 662. The molecular formula is C16H18N2O4S. The fraction of sp³-hybridized carbons (Fsp3) is 0.188. The molecule has 0 bridgehead atoms. The van der Waals surface area contributed by atoms with Gasteiger partial charge in [-0.1, -0.05) is 18.2 Å². The number of thiol groups is 1. The minimum absolute atomic E-state index is 0.0131. The summed E-state index contributed by atoms with van der Waals surface area (Å²) in [5.41, 5.74) is 0.880. The third-order valence-electron chi connectivity index (χ3n) is 2.79. The smallest absolute Gasteiger partial charge is 0.354 e. The highest BCUT2D eigenvalue weighted by atomic mass is 32.1. The first-order chi connectivity index (χ1) is 10.9. The van der Waals surface area contributed by atoms with Crippen LogP contribution in [0.15, 0.2) is 52.7 Å². The van der Waals surface area contributed by atoms with Gasteiger partial charge in [-0.2, -0.15) is 0 Å². The molecule has 0 aliphatic carbocycles. The number of hydrogen-bond acceptors (Lipinski definition) is 5. The van der Waals surface area contributed by atoms with Crippen LogP contribution in [0.3, 0.4) is 0 Å². The van der Waals surface area contributed by atoms with E-state index in [1.165, 1.54) is 7.11 Å². The molecule has 0 aliphatic rings. The molecule has 0 fully saturated rings. The van der Waals surface area contributed by atoms with Gasteiger partial charge in [-0.05, 0) is 37.0 Å². The van der Waals surface area contributed by atoms with Gasteiger partial charge >= 0.3 is 5.97 Å². The van der Waals surface area contributed by atoms with Gasteiger partial charge in [0.15, 0.2) is 0 Å². The summed E-state index contributed by atoms with van der Waals surface area (Å²) >= 11 is 3.92. The fourth-order valence-corrected chi connectivity index (χ4v) is 1.78. The van der Waals surface area contributed by atoms with E-state index < -0.39 is 17.8 Å². The molecule has 2 N–H and O–H groups in total. The molecule has 2 amide bonds. The van der Waals surface area contributed by atoms with Gasteiger partial charge in [0.2, 0.25) is 0 Å². The highest BCUT2D eigenvalue weighted by Gasteiger charge is 2.19. The van der Waals surface area contributed by atoms with Gasteiger partial charge in [-0.25, -0.2) is 4.79 Å². The second-order valence-electron chi connectivity index (χ2n) is 4.68. The van der Waals surface area contributed by atoms with Crippen molar-refractivity contribution in [2.24, 2.45) is 0 Å². The van der Waals surface area contributed by atoms with Crippen molar-refractivity contribution in [1.29, 1.82) is 0 Å². The van der Waals surface area contributed by atoms with Crippen LogP contribution in [0.25, 0.3) is 0 Å². The summed E-state index contributed by atoms with van der Waals surface area (Å²) in [5.74, 6) is -1.81. The van der Waals surface area contributed by atoms with E-state index in [2.05, 4.69) is 28.0 Å². The lowest BCUT2D eigenvalue weighted by molar-refractivity contribution is -0.137. The average molecular weight is 334 g/mol. The molecule has 0 radical (unpaired) electrons. The van der Waals surface area contributed by atoms with Crippen LogP contribution in [-0.4, -0.2) is 24.9 Å². The Balaban J connectivity index is 2.86. The molecule has 0 spiro atoms. The first-order valence-electron chi connectivity index (χ1n) is 6.68. The molecule has 1 rings (SSSR count). The number of carbonyl (C=O) groups excluding carboxylic acids is 3. The number of hydrogen-bond donors (Lipinski definition) is 3. The van der Waals surface area contributed by atoms with Crippen molar-refractivity contribution in [2.75, 3.05) is 7.11 Å². The van der Waals surface area contributed by atoms with Crippen LogP contribution in [0.5, 0.6) is 0 Å². The molecule has 0 unspecified atom stereocenters. The van der Waals surface area contributed by atoms with E-state index in [1.807, 2.05) is 0 Å². The van der Waals surface area contributed by atoms with E-state index >= 15 is 0 Å². The average Bonchev–Trinajstić information content (AvgIpc) is 2.56. The summed E-state index contributed by atoms with van der Waals surface area (Å²) in [6, 6.07) is 8.41. The first kappa shape index (κ1) is 18.5. The zero-order valence-electron chi connectivity index (χ0n) is 13.0. The van der Waals surface area contributed by atoms with Crippen LogP contribution in [-0.2, 0) is 14.3 Å². The highest BCUT2D eigenvalue weighted by Crippen LogP contribution is 2.05. The van der Waals surface area contributed by atoms with Gasteiger partial charge < -0.3 is 15.4 Å². The first-order valence-corrected chi connectivity index (χ1v) is 7.20. The number of esters is 1. The summed E-state index contributed by atoms with van der Waals surface area (Å²) in [4.78, 5) is 35.9. The summed E-state index contributed by atoms with van der Waals surface area (Å²) in [7, 11) is 1.21. The van der Waals surface area contributed by atoms with Crippen molar-refractivity contribution >= 4 is 30.4 Å². The van der Waals surface area contributed by atoms with E-state index in [9.17, 15) is 14.4 Å². The SMILES string of the molecule is COC(=O)C(NC(=O)/C(=C\S)NC(=O)c1ccccc1)=C(C)C. The van der Waals surface area contributed by atoms with Gasteiger partial charge in [-0.3, -0.25) is 9.59 Å². The van der Waals surface area contributed by atoms with Gasteiger partial charge in [0.25, 0.3) is 11.8 Å². The van der Waals surface area contributed by atoms with Gasteiger partial charge in [0, 0.05) is 5.56 Å². The van der Waals surface area contributed by atoms with Crippen LogP contribution in [0, 0.1) is 0 Å². The van der Waals surface area contributed by atoms with Crippen molar-refractivity contribution in [3.05, 3.63) is 58.3 Å². The summed E-state index contributed by atoms with van der Waals surface area (Å²) in [5, 5.41) is 6.00. The van der Waals surface area contributed by atoms with Crippen molar-refractivity contribution in [3.8, 4) is 0 Å². The molecule has 0 saturated carbocycles. The van der Waals surface area contributed by atoms with Gasteiger partial charge in [0.1, 0.15) is 11.4 Å². The number of amides is 2. The third kappa shape index (κ3) is 5.30. The van der Waals surface area contributed by atoms with Crippen molar-refractivity contribution in [2.45, 2.75) is 13.8 Å². The predicted octanol–water partition coefficient (Wildman–Crippen LogP) is 1.77. The highest BCUT2D eigenvalue weighted by molar-refractivity contribution is 7.83. The molecule has 23 heavy (non-hydrogen) atoms. The number of benzene rings is 1. The molecule has 0 heterocycles. The minimum Gasteiger partial charge on any atom is -0.464 e. The Morgan fingerprint density at radius 1 is 1.09 bits per heavy atom. The third-order valence-corrected chi connectivity index (χ3v) is 3.04. The second-order valence-corrected chi connectivity index (χ2v) is 4.94. The molecule has 1 aromatic rings. The Hall–Kier alpha value is -2.54. The summed E-state index contributed by atoms with van der Waals surface area (Å²) < 4.78 is 4.60. The molecular weight excluding hydrogens is 316 g/mol. The quantitative estimate of drug-likeness (QED) is 0.435. The number of allylic oxidation sites excluding steroid dienone is 1. The maximum atomic E-state index is 12.2. The topological polar surface area (TPSA) is 84.5 Å². The Kier molecular flexibility index (Phi) is 7.08. The van der Waals surface area contributed by atoms with Crippen molar-refractivity contribution in [1.82, 2.24) is 10.6 Å². The van der Waals surface area contributed by atoms with Crippen LogP contribution in [0.1, 0.15) is 24.2 Å². The normalized spacial score (nSPS) is 10.5. The van der Waals surface area contributed by atoms with E-state index in [0.717, 1.165) is 5.41 Å². The maximum absolute atomic E-state index is 12.2. The van der Waals surface area contributed by atoms with E-state index in [-0.39, 0.29) is 11.4 Å². The van der Waals surface area contributed by atoms with Crippen molar-refractivity contribution in [3.63, 3.8) is 0 Å². The van der Waals surface area contributed by atoms with E-state index in [0.29, 0.717) is 11.1 Å². The Morgan fingerprint density at radius 2 is 1.70 bits per heavy atom. The number of methoxy groups -OCH3 is 1. The lowest BCUT2D eigenvalue weighted by Crippen LogP contribution is -2.36. The number of rotatable bonds is 5. The molecule has 0 saturated heterocycles. The lowest BCUT2D eigenvalue weighted by atomic mass is 10.2. The molecule has 7 heteroatoms. The van der Waals surface area contributed by atoms with Crippen molar-refractivity contribution < 1.29 is 19.1 Å². The Labute approximate surface area is 140 Å². The number of nitrogens with one attached hydrogen (secondary N) is 2. The van der Waals surface area contributed by atoms with Crippen LogP contribution < -0.4 is 10.6 Å². The van der Waals surface area contributed by atoms with Crippen LogP contribution >= 0.6 is 12.6 Å². The monoisotopic (exact) mass is 334 g/mol. The zero-order valence-corrected chi connectivity index (χ0v) is 13.9. The molecule has 0 aromatic heterocycles. The summed E-state index contributed by atoms with van der Waals surface area (Å²) in [6.07, 6.45) is 0.